The Balaban J connectivity index is 2.19. The highest BCUT2D eigenvalue weighted by Crippen LogP contribution is 2.15. The van der Waals surface area contributed by atoms with Crippen molar-refractivity contribution in [2.75, 3.05) is 13.2 Å². The van der Waals surface area contributed by atoms with E-state index in [9.17, 15) is 4.39 Å². The van der Waals surface area contributed by atoms with E-state index in [2.05, 4.69) is 19.2 Å². The van der Waals surface area contributed by atoms with E-state index in [0.29, 0.717) is 18.4 Å². The second-order valence-electron chi connectivity index (χ2n) is 3.88. The van der Waals surface area contributed by atoms with Gasteiger partial charge in [-0.3, -0.25) is 0 Å². The molecule has 0 amide bonds. The van der Waals surface area contributed by atoms with Crippen molar-refractivity contribution in [1.29, 1.82) is 0 Å². The number of nitrogens with one attached hydrogen (secondary N) is 1. The Morgan fingerprint density at radius 2 is 2.12 bits per heavy atom. The first-order valence-corrected chi connectivity index (χ1v) is 5.84. The molecule has 90 valence electrons. The van der Waals surface area contributed by atoms with Gasteiger partial charge in [0.25, 0.3) is 0 Å². The van der Waals surface area contributed by atoms with Crippen LogP contribution in [-0.4, -0.2) is 19.2 Å². The molecule has 0 aliphatic rings. The van der Waals surface area contributed by atoms with Crippen molar-refractivity contribution in [2.24, 2.45) is 0 Å². The van der Waals surface area contributed by atoms with Crippen LogP contribution in [0, 0.1) is 5.82 Å². The lowest BCUT2D eigenvalue weighted by Crippen LogP contribution is -2.25. The van der Waals surface area contributed by atoms with Gasteiger partial charge < -0.3 is 10.1 Å². The van der Waals surface area contributed by atoms with Gasteiger partial charge in [0.2, 0.25) is 0 Å². The van der Waals surface area contributed by atoms with Gasteiger partial charge in [-0.25, -0.2) is 4.39 Å². The first kappa shape index (κ1) is 13.0. The van der Waals surface area contributed by atoms with Crippen LogP contribution < -0.4 is 10.1 Å². The summed E-state index contributed by atoms with van der Waals surface area (Å²) in [6.45, 7) is 5.78. The molecule has 0 aromatic heterocycles. The number of hydrogen-bond acceptors (Lipinski definition) is 2. The van der Waals surface area contributed by atoms with Gasteiger partial charge in [-0.05, 0) is 38.4 Å². The maximum Gasteiger partial charge on any atom is 0.165 e. The first-order chi connectivity index (χ1) is 7.74. The largest absolute Gasteiger partial charge is 0.491 e. The molecule has 0 saturated heterocycles. The molecular weight excluding hydrogens is 205 g/mol. The lowest BCUT2D eigenvalue weighted by atomic mass is 10.2. The number of halogens is 1. The molecule has 0 bridgehead atoms. The number of ether oxygens (including phenoxy) is 1. The van der Waals surface area contributed by atoms with Crippen molar-refractivity contribution < 1.29 is 9.13 Å². The van der Waals surface area contributed by atoms with E-state index >= 15 is 0 Å². The van der Waals surface area contributed by atoms with E-state index in [1.54, 1.807) is 18.2 Å². The summed E-state index contributed by atoms with van der Waals surface area (Å²) in [5, 5.41) is 3.33. The van der Waals surface area contributed by atoms with Gasteiger partial charge in [0, 0.05) is 6.04 Å². The van der Waals surface area contributed by atoms with Gasteiger partial charge >= 0.3 is 0 Å². The van der Waals surface area contributed by atoms with Crippen LogP contribution in [0.3, 0.4) is 0 Å². The third-order valence-corrected chi connectivity index (χ3v) is 2.43. The van der Waals surface area contributed by atoms with E-state index in [4.69, 9.17) is 4.74 Å². The van der Waals surface area contributed by atoms with E-state index < -0.39 is 0 Å². The molecule has 1 atom stereocenters. The van der Waals surface area contributed by atoms with E-state index in [1.807, 2.05) is 0 Å². The Morgan fingerprint density at radius 1 is 1.38 bits per heavy atom. The lowest BCUT2D eigenvalue weighted by Gasteiger charge is -2.12. The Labute approximate surface area is 96.8 Å². The zero-order valence-electron chi connectivity index (χ0n) is 10.0. The third-order valence-electron chi connectivity index (χ3n) is 2.43. The molecule has 0 radical (unpaired) electrons. The maximum atomic E-state index is 13.2. The molecule has 1 N–H and O–H groups in total. The van der Waals surface area contributed by atoms with Crippen LogP contribution in [0.2, 0.25) is 0 Å². The molecule has 0 spiro atoms. The fraction of sp³-hybridized carbons (Fsp3) is 0.538. The number of benzene rings is 1. The fourth-order valence-corrected chi connectivity index (χ4v) is 1.58. The normalized spacial score (nSPS) is 12.4. The number of hydrogen-bond donors (Lipinski definition) is 1. The topological polar surface area (TPSA) is 21.3 Å². The van der Waals surface area contributed by atoms with Crippen molar-refractivity contribution in [3.63, 3.8) is 0 Å². The molecule has 0 heterocycles. The molecule has 3 heteroatoms. The van der Waals surface area contributed by atoms with Crippen molar-refractivity contribution in [3.05, 3.63) is 30.1 Å². The first-order valence-electron chi connectivity index (χ1n) is 5.84. The van der Waals surface area contributed by atoms with Crippen molar-refractivity contribution in [2.45, 2.75) is 32.7 Å². The van der Waals surface area contributed by atoms with Crippen LogP contribution >= 0.6 is 0 Å². The summed E-state index contributed by atoms with van der Waals surface area (Å²) in [4.78, 5) is 0. The highest BCUT2D eigenvalue weighted by atomic mass is 19.1. The predicted molar refractivity (Wildman–Crippen MR) is 64.3 cm³/mol. The molecule has 0 fully saturated rings. The Kier molecular flexibility index (Phi) is 5.86. The molecule has 16 heavy (non-hydrogen) atoms. The van der Waals surface area contributed by atoms with Crippen LogP contribution in [0.4, 0.5) is 4.39 Å². The second-order valence-corrected chi connectivity index (χ2v) is 3.88. The highest BCUT2D eigenvalue weighted by molar-refractivity contribution is 5.23. The van der Waals surface area contributed by atoms with E-state index in [0.717, 1.165) is 19.4 Å². The Bertz CT molecular complexity index is 304. The summed E-state index contributed by atoms with van der Waals surface area (Å²) in [7, 11) is 0. The van der Waals surface area contributed by atoms with Gasteiger partial charge in [-0.15, -0.1) is 0 Å². The summed E-state index contributed by atoms with van der Waals surface area (Å²) >= 11 is 0. The zero-order valence-corrected chi connectivity index (χ0v) is 10.0. The Morgan fingerprint density at radius 3 is 2.81 bits per heavy atom. The molecule has 1 unspecified atom stereocenters. The van der Waals surface area contributed by atoms with Crippen LogP contribution in [0.15, 0.2) is 24.3 Å². The molecule has 1 aromatic carbocycles. The van der Waals surface area contributed by atoms with Crippen molar-refractivity contribution >= 4 is 0 Å². The summed E-state index contributed by atoms with van der Waals surface area (Å²) in [6.07, 6.45) is 1.98. The quantitative estimate of drug-likeness (QED) is 0.720. The average molecular weight is 225 g/mol. The van der Waals surface area contributed by atoms with Crippen LogP contribution in [0.1, 0.15) is 26.7 Å². The van der Waals surface area contributed by atoms with E-state index in [1.165, 1.54) is 6.07 Å². The minimum atomic E-state index is -0.290. The number of rotatable bonds is 7. The summed E-state index contributed by atoms with van der Waals surface area (Å²) < 4.78 is 18.5. The van der Waals surface area contributed by atoms with Gasteiger partial charge in [0.15, 0.2) is 11.6 Å². The smallest absolute Gasteiger partial charge is 0.165 e. The van der Waals surface area contributed by atoms with Crippen LogP contribution in [0.25, 0.3) is 0 Å². The average Bonchev–Trinajstić information content (AvgIpc) is 2.27. The third kappa shape index (κ3) is 4.62. The minimum Gasteiger partial charge on any atom is -0.491 e. The van der Waals surface area contributed by atoms with Crippen LogP contribution in [-0.2, 0) is 0 Å². The van der Waals surface area contributed by atoms with Gasteiger partial charge in [0.1, 0.15) is 0 Å². The molecule has 1 rings (SSSR count). The van der Waals surface area contributed by atoms with E-state index in [-0.39, 0.29) is 5.82 Å². The molecule has 1 aromatic rings. The number of para-hydroxylation sites is 1. The molecular formula is C13H20FNO. The highest BCUT2D eigenvalue weighted by Gasteiger charge is 2.02. The van der Waals surface area contributed by atoms with Gasteiger partial charge in [-0.1, -0.05) is 19.1 Å². The van der Waals surface area contributed by atoms with Crippen molar-refractivity contribution in [3.8, 4) is 5.75 Å². The Hall–Kier alpha value is -1.09. The lowest BCUT2D eigenvalue weighted by molar-refractivity contribution is 0.285. The summed E-state index contributed by atoms with van der Waals surface area (Å²) in [5.74, 6) is 0.0563. The maximum absolute atomic E-state index is 13.2. The minimum absolute atomic E-state index is 0.290. The SMILES string of the molecule is CCNC(C)CCCOc1ccccc1F. The summed E-state index contributed by atoms with van der Waals surface area (Å²) in [5.41, 5.74) is 0. The standard InChI is InChI=1S/C13H20FNO/c1-3-15-11(2)7-6-10-16-13-9-5-4-8-12(13)14/h4-5,8-9,11,15H,3,6-7,10H2,1-2H3. The molecule has 0 saturated carbocycles. The fourth-order valence-electron chi connectivity index (χ4n) is 1.58. The van der Waals surface area contributed by atoms with Gasteiger partial charge in [0.05, 0.1) is 6.61 Å². The monoisotopic (exact) mass is 225 g/mol. The van der Waals surface area contributed by atoms with Crippen molar-refractivity contribution in [1.82, 2.24) is 5.32 Å². The summed E-state index contributed by atoms with van der Waals surface area (Å²) in [6, 6.07) is 7.00. The molecule has 2 nitrogen and oxygen atoms in total. The molecule has 0 aliphatic heterocycles. The molecule has 0 aliphatic carbocycles. The predicted octanol–water partition coefficient (Wildman–Crippen LogP) is 2.98. The second kappa shape index (κ2) is 7.23. The zero-order chi connectivity index (χ0) is 11.8. The van der Waals surface area contributed by atoms with Crippen LogP contribution in [0.5, 0.6) is 5.75 Å². The van der Waals surface area contributed by atoms with Gasteiger partial charge in [-0.2, -0.15) is 0 Å².